The summed E-state index contributed by atoms with van der Waals surface area (Å²) in [6.07, 6.45) is 3.38. The summed E-state index contributed by atoms with van der Waals surface area (Å²) in [5, 5.41) is 14.3. The zero-order chi connectivity index (χ0) is 15.2. The van der Waals surface area contributed by atoms with Crippen LogP contribution in [0.25, 0.3) is 0 Å². The normalized spacial score (nSPS) is 23.2. The van der Waals surface area contributed by atoms with E-state index in [-0.39, 0.29) is 6.61 Å². The summed E-state index contributed by atoms with van der Waals surface area (Å²) in [7, 11) is 0. The summed E-state index contributed by atoms with van der Waals surface area (Å²) in [6, 6.07) is 5.05. The fourth-order valence-electron chi connectivity index (χ4n) is 2.79. The van der Waals surface area contributed by atoms with Gasteiger partial charge in [-0.05, 0) is 36.9 Å². The molecule has 21 heavy (non-hydrogen) atoms. The van der Waals surface area contributed by atoms with Crippen LogP contribution in [0.4, 0.5) is 0 Å². The van der Waals surface area contributed by atoms with Gasteiger partial charge >= 0.3 is 0 Å². The summed E-state index contributed by atoms with van der Waals surface area (Å²) < 4.78 is 5.52. The maximum Gasteiger partial charge on any atom is 0.139 e. The first-order valence-electron chi connectivity index (χ1n) is 7.53. The second kappa shape index (κ2) is 8.23. The van der Waals surface area contributed by atoms with E-state index in [1.54, 1.807) is 18.2 Å². The van der Waals surface area contributed by atoms with E-state index in [1.807, 2.05) is 0 Å². The molecule has 1 aromatic carbocycles. The van der Waals surface area contributed by atoms with Crippen LogP contribution < -0.4 is 10.1 Å². The quantitative estimate of drug-likeness (QED) is 0.799. The van der Waals surface area contributed by atoms with Gasteiger partial charge in [0.15, 0.2) is 0 Å². The highest BCUT2D eigenvalue weighted by Gasteiger charge is 2.22. The van der Waals surface area contributed by atoms with Gasteiger partial charge in [-0.2, -0.15) is 0 Å². The Labute approximate surface area is 136 Å². The molecule has 3 nitrogen and oxygen atoms in total. The van der Waals surface area contributed by atoms with Crippen LogP contribution in [0.15, 0.2) is 18.2 Å². The van der Waals surface area contributed by atoms with Gasteiger partial charge in [-0.1, -0.05) is 43.0 Å². The van der Waals surface area contributed by atoms with E-state index in [9.17, 15) is 5.11 Å². The SMILES string of the molecule is CC1CCCC1CNCC(O)COc1cc(Cl)ccc1Cl. The molecule has 3 atom stereocenters. The number of nitrogens with one attached hydrogen (secondary N) is 1. The molecule has 3 unspecified atom stereocenters. The van der Waals surface area contributed by atoms with Crippen LogP contribution in [0.5, 0.6) is 5.75 Å². The topological polar surface area (TPSA) is 41.5 Å². The average molecular weight is 332 g/mol. The minimum atomic E-state index is -0.559. The van der Waals surface area contributed by atoms with E-state index in [4.69, 9.17) is 27.9 Å². The molecular weight excluding hydrogens is 309 g/mol. The molecule has 5 heteroatoms. The Morgan fingerprint density at radius 1 is 1.38 bits per heavy atom. The zero-order valence-corrected chi connectivity index (χ0v) is 13.8. The van der Waals surface area contributed by atoms with Crippen molar-refractivity contribution in [3.05, 3.63) is 28.2 Å². The lowest BCUT2D eigenvalue weighted by Gasteiger charge is -2.18. The van der Waals surface area contributed by atoms with E-state index in [0.717, 1.165) is 18.4 Å². The number of ether oxygens (including phenoxy) is 1. The molecule has 118 valence electrons. The maximum absolute atomic E-state index is 9.95. The van der Waals surface area contributed by atoms with Crippen molar-refractivity contribution in [2.45, 2.75) is 32.3 Å². The molecule has 1 aliphatic carbocycles. The molecule has 0 aliphatic heterocycles. The Bertz CT molecular complexity index is 456. The number of benzene rings is 1. The van der Waals surface area contributed by atoms with Crippen LogP contribution in [0, 0.1) is 11.8 Å². The first-order chi connectivity index (χ1) is 10.1. The molecule has 0 heterocycles. The van der Waals surface area contributed by atoms with Crippen LogP contribution in [-0.2, 0) is 0 Å². The van der Waals surface area contributed by atoms with Crippen molar-refractivity contribution in [3.8, 4) is 5.75 Å². The van der Waals surface area contributed by atoms with Gasteiger partial charge in [-0.15, -0.1) is 0 Å². The van der Waals surface area contributed by atoms with Crippen molar-refractivity contribution < 1.29 is 9.84 Å². The standard InChI is InChI=1S/C16H23Cl2NO2/c1-11-3-2-4-12(11)8-19-9-14(20)10-21-16-7-13(17)5-6-15(16)18/h5-7,11-12,14,19-20H,2-4,8-10H2,1H3. The first-order valence-corrected chi connectivity index (χ1v) is 8.28. The monoisotopic (exact) mass is 331 g/mol. The van der Waals surface area contributed by atoms with Gasteiger partial charge < -0.3 is 15.2 Å². The lowest BCUT2D eigenvalue weighted by Crippen LogP contribution is -2.34. The molecule has 0 bridgehead atoms. The molecule has 0 radical (unpaired) electrons. The lowest BCUT2D eigenvalue weighted by molar-refractivity contribution is 0.105. The van der Waals surface area contributed by atoms with Crippen LogP contribution in [0.1, 0.15) is 26.2 Å². The van der Waals surface area contributed by atoms with Crippen LogP contribution in [0.2, 0.25) is 10.0 Å². The Morgan fingerprint density at radius 2 is 2.19 bits per heavy atom. The first kappa shape index (κ1) is 16.9. The molecule has 0 spiro atoms. The summed E-state index contributed by atoms with van der Waals surface area (Å²) >= 11 is 11.9. The molecule has 2 N–H and O–H groups in total. The summed E-state index contributed by atoms with van der Waals surface area (Å²) in [6.45, 7) is 4.00. The molecule has 0 aromatic heterocycles. The Morgan fingerprint density at radius 3 is 2.90 bits per heavy atom. The van der Waals surface area contributed by atoms with Crippen LogP contribution >= 0.6 is 23.2 Å². The molecular formula is C16H23Cl2NO2. The molecule has 0 saturated heterocycles. The number of hydrogen-bond acceptors (Lipinski definition) is 3. The van der Waals surface area contributed by atoms with E-state index in [0.29, 0.717) is 22.3 Å². The van der Waals surface area contributed by atoms with E-state index in [1.165, 1.54) is 19.3 Å². The largest absolute Gasteiger partial charge is 0.489 e. The molecule has 1 fully saturated rings. The van der Waals surface area contributed by atoms with E-state index < -0.39 is 6.10 Å². The molecule has 1 saturated carbocycles. The van der Waals surface area contributed by atoms with Gasteiger partial charge in [0.05, 0.1) is 5.02 Å². The van der Waals surface area contributed by atoms with Gasteiger partial charge in [-0.25, -0.2) is 0 Å². The van der Waals surface area contributed by atoms with Crippen molar-refractivity contribution in [1.29, 1.82) is 0 Å². The smallest absolute Gasteiger partial charge is 0.139 e. The molecule has 2 rings (SSSR count). The summed E-state index contributed by atoms with van der Waals surface area (Å²) in [5.41, 5.74) is 0. The van der Waals surface area contributed by atoms with Crippen molar-refractivity contribution in [2.75, 3.05) is 19.7 Å². The van der Waals surface area contributed by atoms with E-state index >= 15 is 0 Å². The van der Waals surface area contributed by atoms with Gasteiger partial charge in [0, 0.05) is 17.6 Å². The predicted molar refractivity (Wildman–Crippen MR) is 87.3 cm³/mol. The van der Waals surface area contributed by atoms with Crippen molar-refractivity contribution in [3.63, 3.8) is 0 Å². The number of rotatable bonds is 7. The van der Waals surface area contributed by atoms with Gasteiger partial charge in [0.1, 0.15) is 18.5 Å². The predicted octanol–water partition coefficient (Wildman–Crippen LogP) is 3.76. The van der Waals surface area contributed by atoms with Crippen LogP contribution in [0.3, 0.4) is 0 Å². The second-order valence-corrected chi connectivity index (χ2v) is 6.71. The highest BCUT2D eigenvalue weighted by Crippen LogP contribution is 2.30. The lowest BCUT2D eigenvalue weighted by atomic mass is 9.98. The molecule has 0 amide bonds. The highest BCUT2D eigenvalue weighted by atomic mass is 35.5. The number of halogens is 2. The van der Waals surface area contributed by atoms with Crippen LogP contribution in [-0.4, -0.2) is 30.9 Å². The maximum atomic E-state index is 9.95. The fourth-order valence-corrected chi connectivity index (χ4v) is 3.13. The molecule has 1 aliphatic rings. The Balaban J connectivity index is 1.67. The average Bonchev–Trinajstić information content (AvgIpc) is 2.85. The third-order valence-electron chi connectivity index (χ3n) is 4.15. The summed E-state index contributed by atoms with van der Waals surface area (Å²) in [5.74, 6) is 2.03. The van der Waals surface area contributed by atoms with Gasteiger partial charge in [0.2, 0.25) is 0 Å². The number of hydrogen-bond donors (Lipinski definition) is 2. The van der Waals surface area contributed by atoms with Crippen molar-refractivity contribution in [1.82, 2.24) is 5.32 Å². The van der Waals surface area contributed by atoms with E-state index in [2.05, 4.69) is 12.2 Å². The van der Waals surface area contributed by atoms with Gasteiger partial charge in [0.25, 0.3) is 0 Å². The second-order valence-electron chi connectivity index (χ2n) is 5.87. The minimum absolute atomic E-state index is 0.202. The summed E-state index contributed by atoms with van der Waals surface area (Å²) in [4.78, 5) is 0. The highest BCUT2D eigenvalue weighted by molar-refractivity contribution is 6.34. The zero-order valence-electron chi connectivity index (χ0n) is 12.3. The van der Waals surface area contributed by atoms with Gasteiger partial charge in [-0.3, -0.25) is 0 Å². The third-order valence-corrected chi connectivity index (χ3v) is 4.70. The third kappa shape index (κ3) is 5.33. The minimum Gasteiger partial charge on any atom is -0.489 e. The molecule has 1 aromatic rings. The number of aliphatic hydroxyl groups excluding tert-OH is 1. The van der Waals surface area contributed by atoms with Crippen molar-refractivity contribution in [2.24, 2.45) is 11.8 Å². The Hall–Kier alpha value is -0.480. The van der Waals surface area contributed by atoms with Crippen molar-refractivity contribution >= 4 is 23.2 Å². The number of aliphatic hydroxyl groups is 1. The Kier molecular flexibility index (Phi) is 6.62. The fraction of sp³-hybridized carbons (Fsp3) is 0.625.